The number of aryl methyl sites for hydroxylation is 4. The SMILES string of the molecule is CN=C(Nc1ccc(F)c(Br)c1)c1nonc1SCCNC(N)=O.COc1nonc1C(Cc1ccc(F)c(C)c1)=NC#N.Cc1cc(N=C(NO)c2nonc2S(=O)CCNS(N)(=O)=O)ccc1F.Cc1cc(N=C(NO)c2nonc2SCCC(N)=O)ccc1F.Cc1cccc(N=C(NO)c2nonc2SCCNC(N)=O)c1. The Hall–Kier alpha value is -12.2. The maximum atomic E-state index is 13.3. The summed E-state index contributed by atoms with van der Waals surface area (Å²) in [6, 6.07) is 23.6. The summed E-state index contributed by atoms with van der Waals surface area (Å²) in [7, 11) is -2.75. The van der Waals surface area contributed by atoms with Gasteiger partial charge < -0.3 is 37.9 Å². The third-order valence-electron chi connectivity index (χ3n) is 13.8. The lowest BCUT2D eigenvalue weighted by atomic mass is 10.0. The van der Waals surface area contributed by atoms with E-state index in [9.17, 15) is 60.2 Å². The van der Waals surface area contributed by atoms with Crippen molar-refractivity contribution >= 4 is 142 Å². The van der Waals surface area contributed by atoms with E-state index < -0.39 is 44.8 Å². The number of carbonyl (C=O) groups is 3. The molecule has 0 aliphatic carbocycles. The largest absolute Gasteiger partial charge is 0.477 e. The molecular weight excluding hydrogens is 1700 g/mol. The number of anilines is 1. The van der Waals surface area contributed by atoms with Crippen molar-refractivity contribution in [2.24, 2.45) is 47.3 Å². The first kappa shape index (κ1) is 92.7. The first-order valence-electron chi connectivity index (χ1n) is 32.5. The van der Waals surface area contributed by atoms with Crippen molar-refractivity contribution in [3.8, 4) is 12.1 Å². The van der Waals surface area contributed by atoms with Crippen LogP contribution in [0.5, 0.6) is 5.88 Å². The van der Waals surface area contributed by atoms with Gasteiger partial charge in [-0.1, -0.05) is 59.6 Å². The molecule has 52 heteroatoms. The molecule has 0 saturated carbocycles. The highest BCUT2D eigenvalue weighted by atomic mass is 79.9. The van der Waals surface area contributed by atoms with Gasteiger partial charge in [0.05, 0.1) is 45.2 Å². The average molecular weight is 1770 g/mol. The van der Waals surface area contributed by atoms with Crippen LogP contribution in [0.25, 0.3) is 0 Å². The third-order valence-corrected chi connectivity index (χ3v) is 19.2. The number of aromatic nitrogens is 10. The number of benzene rings is 5. The van der Waals surface area contributed by atoms with Crippen molar-refractivity contribution in [2.45, 2.75) is 60.6 Å². The van der Waals surface area contributed by atoms with Gasteiger partial charge >= 0.3 is 12.1 Å². The van der Waals surface area contributed by atoms with Gasteiger partial charge in [-0.3, -0.25) is 46.1 Å². The standard InChI is InChI=1S/C13H14BrFN6O2S.C13H14FN5O3S.C13H11FN4O2.C13H16N6O3S.C12H15FN6O5S2/c1-17-11(19-7-2-3-9(15)8(14)6-7)10-12(21-23-20-10)24-5-4-18-13(16)22;1-7-6-8(2-3-9(7)14)16-12(17-21)11-13(19-22-18-11)23-5-4-10(15)20;1-8-5-9(3-4-10(8)14)6-11(16-7-15)12-13(19-2)18-20-17-12;1-8-3-2-4-9(7-8)16-11(17-21)10-12(19-22-18-10)23-6-5-15-13(14)20;1-7-6-8(2-3-9(7)13)16-11(17-20)10-12(19-24-18-10)25(21)5-4-15-26(14,22)23/h2-3,6H,4-5H2,1H3,(H,17,19)(H3,16,18,22);2-3,6,21H,4-5H2,1H3,(H2,15,20)(H,16,17);3-5H,6H2,1-2H3;2-4,7,21H,5-6H2,1H3,(H,16,17)(H3,14,15,20);2-3,6,15,20H,4-5H2,1H3,(H,16,17)(H2,14,22,23). The number of ether oxygens (including phenoxy) is 1. The van der Waals surface area contributed by atoms with Gasteiger partial charge in [0, 0.05) is 68.2 Å². The van der Waals surface area contributed by atoms with E-state index in [2.05, 4.69) is 122 Å². The number of rotatable bonds is 29. The third kappa shape index (κ3) is 30.6. The summed E-state index contributed by atoms with van der Waals surface area (Å²) < 4.78 is 117. The zero-order valence-corrected chi connectivity index (χ0v) is 66.9. The van der Waals surface area contributed by atoms with E-state index in [1.807, 2.05) is 40.8 Å². The summed E-state index contributed by atoms with van der Waals surface area (Å²) in [4.78, 5) is 52.3. The van der Waals surface area contributed by atoms with Crippen LogP contribution in [0.15, 0.2) is 170 Å². The number of carbonyl (C=O) groups excluding carboxylic acids is 3. The molecule has 0 fully saturated rings. The van der Waals surface area contributed by atoms with Crippen LogP contribution < -0.4 is 64.2 Å². The van der Waals surface area contributed by atoms with E-state index in [1.54, 1.807) is 62.9 Å². The number of nitriles is 1. The monoisotopic (exact) mass is 1770 g/mol. The van der Waals surface area contributed by atoms with E-state index in [1.165, 1.54) is 97.9 Å². The molecule has 10 rings (SSSR count). The number of nitrogens with zero attached hydrogens (tertiary/aromatic N) is 16. The zero-order valence-electron chi connectivity index (χ0n) is 61.2. The van der Waals surface area contributed by atoms with Crippen LogP contribution in [0.4, 0.5) is 49.9 Å². The van der Waals surface area contributed by atoms with Gasteiger partial charge in [-0.25, -0.2) is 75.1 Å². The fourth-order valence-electron chi connectivity index (χ4n) is 8.54. The number of amidine groups is 4. The van der Waals surface area contributed by atoms with E-state index in [4.69, 9.17) is 41.6 Å². The Labute approximate surface area is 677 Å². The van der Waals surface area contributed by atoms with Crippen LogP contribution in [0.2, 0.25) is 0 Å². The lowest BCUT2D eigenvalue weighted by Gasteiger charge is -2.08. The summed E-state index contributed by atoms with van der Waals surface area (Å²) >= 11 is 6.92. The molecule has 42 nitrogen and oxygen atoms in total. The fourth-order valence-corrected chi connectivity index (χ4v) is 12.7. The van der Waals surface area contributed by atoms with E-state index in [0.717, 1.165) is 11.1 Å². The second-order valence-electron chi connectivity index (χ2n) is 22.3. The van der Waals surface area contributed by atoms with Crippen molar-refractivity contribution in [2.75, 3.05) is 62.1 Å². The Balaban J connectivity index is 0.000000226. The molecule has 0 bridgehead atoms. The molecule has 5 amide bonds. The second kappa shape index (κ2) is 47.5. The lowest BCUT2D eigenvalue weighted by molar-refractivity contribution is -0.117. The Morgan fingerprint density at radius 3 is 1.53 bits per heavy atom. The van der Waals surface area contributed by atoms with Gasteiger partial charge in [-0.2, -0.15) is 18.7 Å². The Morgan fingerprint density at radius 2 is 1.06 bits per heavy atom. The van der Waals surface area contributed by atoms with Gasteiger partial charge in [-0.15, -0.1) is 0 Å². The van der Waals surface area contributed by atoms with Crippen molar-refractivity contribution in [3.63, 3.8) is 0 Å². The van der Waals surface area contributed by atoms with Crippen LogP contribution in [0, 0.1) is 62.4 Å². The smallest absolute Gasteiger partial charge is 0.312 e. The maximum absolute atomic E-state index is 13.3. The van der Waals surface area contributed by atoms with Crippen LogP contribution >= 0.6 is 51.2 Å². The predicted octanol–water partition coefficient (Wildman–Crippen LogP) is 6.47. The molecule has 0 aliphatic heterocycles. The van der Waals surface area contributed by atoms with Gasteiger partial charge in [0.25, 0.3) is 16.1 Å². The number of primary amides is 3. The summed E-state index contributed by atoms with van der Waals surface area (Å²) in [5.74, 6) is -0.188. The predicted molar refractivity (Wildman–Crippen MR) is 416 cm³/mol. The number of aliphatic imine (C=N–C) groups is 5. The molecule has 5 heterocycles. The molecule has 0 aliphatic rings. The Kier molecular flexibility index (Phi) is 37.9. The van der Waals surface area contributed by atoms with Crippen molar-refractivity contribution in [1.29, 1.82) is 5.26 Å². The number of amides is 5. The van der Waals surface area contributed by atoms with Gasteiger partial charge in [0.2, 0.25) is 17.1 Å². The van der Waals surface area contributed by atoms with E-state index >= 15 is 0 Å². The minimum atomic E-state index is -3.92. The van der Waals surface area contributed by atoms with Crippen LogP contribution in [0.1, 0.15) is 62.7 Å². The topological polar surface area (TPSA) is 641 Å². The molecule has 616 valence electrons. The van der Waals surface area contributed by atoms with Gasteiger partial charge in [-0.05, 0) is 196 Å². The number of thioether (sulfide) groups is 3. The maximum Gasteiger partial charge on any atom is 0.312 e. The summed E-state index contributed by atoms with van der Waals surface area (Å²) in [5, 5.41) is 87.3. The summed E-state index contributed by atoms with van der Waals surface area (Å²) in [6.07, 6.45) is 2.15. The van der Waals surface area contributed by atoms with E-state index in [-0.39, 0.29) is 93.0 Å². The molecule has 1 atom stereocenters. The van der Waals surface area contributed by atoms with E-state index in [0.29, 0.717) is 107 Å². The Morgan fingerprint density at radius 1 is 0.595 bits per heavy atom. The van der Waals surface area contributed by atoms with Crippen molar-refractivity contribution < 1.29 is 88.1 Å². The molecule has 5 aromatic carbocycles. The number of methoxy groups -OCH3 is 1. The minimum Gasteiger partial charge on any atom is -0.477 e. The quantitative estimate of drug-likeness (QED) is 0.00454. The number of halogens is 5. The molecule has 0 spiro atoms. The summed E-state index contributed by atoms with van der Waals surface area (Å²) in [5.41, 5.74) is 27.1. The Bertz CT molecular complexity index is 5320. The molecule has 5 aromatic heterocycles. The number of hydrogen-bond acceptors (Lipinski definition) is 34. The fraction of sp³-hybridized carbons (Fsp3) is 0.234. The highest BCUT2D eigenvalue weighted by molar-refractivity contribution is 9.10. The highest BCUT2D eigenvalue weighted by Gasteiger charge is 2.25. The van der Waals surface area contributed by atoms with Gasteiger partial charge in [0.15, 0.2) is 66.9 Å². The van der Waals surface area contributed by atoms with Crippen molar-refractivity contribution in [1.82, 2.24) is 83.4 Å². The average Bonchev–Trinajstić information content (AvgIpc) is 1.76. The molecule has 18 N–H and O–H groups in total. The molecule has 116 heavy (non-hydrogen) atoms. The molecule has 10 aromatic rings. The first-order chi connectivity index (χ1) is 55.5. The number of hydrogen-bond donors (Lipinski definition) is 14. The first-order valence-corrected chi connectivity index (χ1v) is 39.1. The number of nitrogens with one attached hydrogen (secondary N) is 7. The number of urea groups is 2. The van der Waals surface area contributed by atoms with Crippen LogP contribution in [-0.2, 0) is 32.2 Å². The molecular formula is C64H70BrF4N27O15S5. The van der Waals surface area contributed by atoms with Crippen LogP contribution in [-0.4, -0.2) is 184 Å². The zero-order chi connectivity index (χ0) is 84.9. The van der Waals surface area contributed by atoms with Crippen LogP contribution in [0.3, 0.4) is 0 Å². The molecule has 0 radical (unpaired) electrons. The van der Waals surface area contributed by atoms with Crippen molar-refractivity contribution in [3.05, 3.63) is 181 Å². The molecule has 0 saturated heterocycles. The summed E-state index contributed by atoms with van der Waals surface area (Å²) in [6.45, 7) is 7.27. The van der Waals surface area contributed by atoms with Gasteiger partial charge in [0.1, 0.15) is 23.3 Å². The minimum absolute atomic E-state index is 0.0150. The number of nitrogens with two attached hydrogens (primary N) is 4. The normalized spacial score (nSPS) is 11.9. The lowest BCUT2D eigenvalue weighted by Crippen LogP contribution is -2.33. The number of hydroxylamine groups is 3. The molecule has 1 unspecified atom stereocenters. The highest BCUT2D eigenvalue weighted by Crippen LogP contribution is 2.28. The second-order valence-corrected chi connectivity index (χ2v) is 29.3.